The molecule has 0 aromatic heterocycles. The number of fused-ring (bicyclic) bond motifs is 1. The number of carboxylic acids is 1. The van der Waals surface area contributed by atoms with Crippen LogP contribution in [0.5, 0.6) is 0 Å². The molecule has 23 heavy (non-hydrogen) atoms. The molecule has 0 radical (unpaired) electrons. The molecule has 2 aliphatic rings. The highest BCUT2D eigenvalue weighted by atomic mass is 16.4. The van der Waals surface area contributed by atoms with Crippen molar-refractivity contribution in [1.82, 2.24) is 4.90 Å². The van der Waals surface area contributed by atoms with E-state index in [4.69, 9.17) is 5.11 Å². The van der Waals surface area contributed by atoms with Crippen LogP contribution in [0.15, 0.2) is 47.2 Å². The van der Waals surface area contributed by atoms with Gasteiger partial charge in [-0.1, -0.05) is 35.4 Å². The largest absolute Gasteiger partial charge is 0.478 e. The van der Waals surface area contributed by atoms with E-state index in [1.807, 2.05) is 11.8 Å². The topological polar surface area (TPSA) is 40.5 Å². The molecule has 0 bridgehead atoms. The smallest absolute Gasteiger partial charge is 0.333 e. The fraction of sp³-hybridized carbons (Fsp3) is 0.450. The molecule has 0 atom stereocenters. The van der Waals surface area contributed by atoms with Gasteiger partial charge >= 0.3 is 5.97 Å². The number of hydrogen-bond donors (Lipinski definition) is 1. The molecule has 3 heteroatoms. The molecule has 0 saturated carbocycles. The molecular weight excluding hydrogens is 286 g/mol. The summed E-state index contributed by atoms with van der Waals surface area (Å²) in [6.07, 6.45) is 5.74. The monoisotopic (exact) mass is 313 g/mol. The number of allylic oxidation sites excluding steroid dienone is 2. The van der Waals surface area contributed by atoms with E-state index in [-0.39, 0.29) is 0 Å². The fourth-order valence-electron chi connectivity index (χ4n) is 3.01. The Hall–Kier alpha value is -2.03. The normalized spacial score (nSPS) is 17.0. The van der Waals surface area contributed by atoms with Crippen molar-refractivity contribution in [2.75, 3.05) is 13.1 Å². The highest BCUT2D eigenvalue weighted by molar-refractivity contribution is 5.86. The highest BCUT2D eigenvalue weighted by Gasteiger charge is 2.13. The Morgan fingerprint density at radius 1 is 1.13 bits per heavy atom. The molecule has 124 valence electrons. The Labute approximate surface area is 139 Å². The number of hydrogen-bond acceptors (Lipinski definition) is 2. The van der Waals surface area contributed by atoms with E-state index >= 15 is 0 Å². The Balaban J connectivity index is 0.000000168. The molecule has 0 spiro atoms. The van der Waals surface area contributed by atoms with Crippen LogP contribution in [0.2, 0.25) is 0 Å². The van der Waals surface area contributed by atoms with Gasteiger partial charge in [-0.3, -0.25) is 0 Å². The third-order valence-corrected chi connectivity index (χ3v) is 4.67. The summed E-state index contributed by atoms with van der Waals surface area (Å²) in [6.45, 7) is 8.40. The average molecular weight is 313 g/mol. The Bertz CT molecular complexity index is 595. The fourth-order valence-corrected chi connectivity index (χ4v) is 3.01. The number of aliphatic carboxylic acids is 1. The van der Waals surface area contributed by atoms with Gasteiger partial charge in [-0.2, -0.15) is 0 Å². The zero-order valence-electron chi connectivity index (χ0n) is 14.4. The van der Waals surface area contributed by atoms with Gasteiger partial charge in [0.25, 0.3) is 0 Å². The maximum atomic E-state index is 10.5. The summed E-state index contributed by atoms with van der Waals surface area (Å²) in [7, 11) is 0. The van der Waals surface area contributed by atoms with Crippen molar-refractivity contribution in [3.8, 4) is 0 Å². The van der Waals surface area contributed by atoms with Gasteiger partial charge in [-0.05, 0) is 57.6 Å². The first kappa shape index (κ1) is 17.3. The van der Waals surface area contributed by atoms with Gasteiger partial charge in [0.1, 0.15) is 0 Å². The zero-order chi connectivity index (χ0) is 16.8. The molecular formula is C20H27NO2. The second-order valence-electron chi connectivity index (χ2n) is 6.37. The zero-order valence-corrected chi connectivity index (χ0v) is 14.4. The van der Waals surface area contributed by atoms with Crippen molar-refractivity contribution < 1.29 is 9.90 Å². The first-order valence-electron chi connectivity index (χ1n) is 8.41. The van der Waals surface area contributed by atoms with E-state index < -0.39 is 5.97 Å². The number of benzene rings is 1. The third kappa shape index (κ3) is 4.72. The molecule has 0 unspecified atom stereocenters. The Morgan fingerprint density at radius 3 is 2.17 bits per heavy atom. The molecule has 0 amide bonds. The van der Waals surface area contributed by atoms with E-state index in [1.54, 1.807) is 17.3 Å². The van der Waals surface area contributed by atoms with Crippen LogP contribution in [-0.2, 0) is 17.6 Å². The Kier molecular flexibility index (Phi) is 6.03. The minimum atomic E-state index is -0.775. The molecule has 0 fully saturated rings. The van der Waals surface area contributed by atoms with Crippen molar-refractivity contribution in [2.45, 2.75) is 46.5 Å². The van der Waals surface area contributed by atoms with E-state index in [2.05, 4.69) is 38.1 Å². The predicted octanol–water partition coefficient (Wildman–Crippen LogP) is 4.19. The van der Waals surface area contributed by atoms with Gasteiger partial charge in [0.05, 0.1) is 5.57 Å². The lowest BCUT2D eigenvalue weighted by Crippen LogP contribution is -2.24. The van der Waals surface area contributed by atoms with Crippen LogP contribution >= 0.6 is 0 Å². The summed E-state index contributed by atoms with van der Waals surface area (Å²) < 4.78 is 0. The lowest BCUT2D eigenvalue weighted by atomic mass is 9.88. The standard InChI is InChI=1S/C12H14.C8H13NO2/c1-9-7-11-5-3-4-6-12(11)8-10(9)2;1-2-9-5-3-4-7(6-9)8(10)11/h3-6H,7-8H2,1-2H3;6H,2-5H2,1H3,(H,10,11). The number of carboxylic acid groups (broad SMARTS) is 1. The van der Waals surface area contributed by atoms with E-state index in [9.17, 15) is 4.79 Å². The summed E-state index contributed by atoms with van der Waals surface area (Å²) in [5.74, 6) is -0.775. The van der Waals surface area contributed by atoms with Crippen molar-refractivity contribution in [3.63, 3.8) is 0 Å². The third-order valence-electron chi connectivity index (χ3n) is 4.67. The molecule has 0 saturated heterocycles. The second kappa shape index (κ2) is 8.00. The maximum Gasteiger partial charge on any atom is 0.333 e. The molecule has 1 aliphatic carbocycles. The number of nitrogens with zero attached hydrogens (tertiary/aromatic N) is 1. The Morgan fingerprint density at radius 2 is 1.70 bits per heavy atom. The van der Waals surface area contributed by atoms with Gasteiger partial charge in [-0.15, -0.1) is 0 Å². The molecule has 3 rings (SSSR count). The van der Waals surface area contributed by atoms with Crippen LogP contribution < -0.4 is 0 Å². The van der Waals surface area contributed by atoms with Gasteiger partial charge < -0.3 is 10.0 Å². The van der Waals surface area contributed by atoms with Crippen LogP contribution in [0.1, 0.15) is 44.7 Å². The highest BCUT2D eigenvalue weighted by Crippen LogP contribution is 2.24. The van der Waals surface area contributed by atoms with Gasteiger partial charge in [0.2, 0.25) is 0 Å². The second-order valence-corrected chi connectivity index (χ2v) is 6.37. The van der Waals surface area contributed by atoms with Crippen molar-refractivity contribution in [3.05, 3.63) is 58.3 Å². The lowest BCUT2D eigenvalue weighted by Gasteiger charge is -2.23. The molecule has 1 aromatic carbocycles. The van der Waals surface area contributed by atoms with Crippen LogP contribution in [0.25, 0.3) is 0 Å². The van der Waals surface area contributed by atoms with Crippen LogP contribution in [-0.4, -0.2) is 29.1 Å². The minimum absolute atomic E-state index is 0.540. The van der Waals surface area contributed by atoms with Crippen LogP contribution in [0, 0.1) is 0 Å². The molecule has 1 aliphatic heterocycles. The van der Waals surface area contributed by atoms with E-state index in [0.29, 0.717) is 12.0 Å². The first-order chi connectivity index (χ1) is 11.0. The van der Waals surface area contributed by atoms with Gasteiger partial charge in [0, 0.05) is 19.3 Å². The SMILES string of the molecule is CC1=C(C)Cc2ccccc2C1.CCN1C=C(C(=O)O)CCC1. The summed E-state index contributed by atoms with van der Waals surface area (Å²) in [5.41, 5.74) is 6.67. The number of carbonyl (C=O) groups is 1. The lowest BCUT2D eigenvalue weighted by molar-refractivity contribution is -0.133. The van der Waals surface area contributed by atoms with E-state index in [1.165, 1.54) is 11.1 Å². The quantitative estimate of drug-likeness (QED) is 0.832. The van der Waals surface area contributed by atoms with Crippen molar-refractivity contribution >= 4 is 5.97 Å². The van der Waals surface area contributed by atoms with Crippen molar-refractivity contribution in [1.29, 1.82) is 0 Å². The first-order valence-corrected chi connectivity index (χ1v) is 8.41. The average Bonchev–Trinajstić information content (AvgIpc) is 2.56. The van der Waals surface area contributed by atoms with Gasteiger partial charge in [-0.25, -0.2) is 4.79 Å². The molecule has 3 nitrogen and oxygen atoms in total. The summed E-state index contributed by atoms with van der Waals surface area (Å²) in [6, 6.07) is 8.75. The predicted molar refractivity (Wildman–Crippen MR) is 94.4 cm³/mol. The van der Waals surface area contributed by atoms with Crippen LogP contribution in [0.4, 0.5) is 0 Å². The van der Waals surface area contributed by atoms with Crippen LogP contribution in [0.3, 0.4) is 0 Å². The maximum absolute atomic E-state index is 10.5. The molecule has 1 aromatic rings. The minimum Gasteiger partial charge on any atom is -0.478 e. The summed E-state index contributed by atoms with van der Waals surface area (Å²) >= 11 is 0. The number of rotatable bonds is 2. The van der Waals surface area contributed by atoms with Gasteiger partial charge in [0.15, 0.2) is 0 Å². The summed E-state index contributed by atoms with van der Waals surface area (Å²) in [5, 5.41) is 8.66. The molecule has 1 N–H and O–H groups in total. The van der Waals surface area contributed by atoms with Crippen molar-refractivity contribution in [2.24, 2.45) is 0 Å². The summed E-state index contributed by atoms with van der Waals surface area (Å²) in [4.78, 5) is 12.6. The van der Waals surface area contributed by atoms with E-state index in [0.717, 1.165) is 32.4 Å². The molecule has 1 heterocycles.